The predicted molar refractivity (Wildman–Crippen MR) is 75.8 cm³/mol. The Morgan fingerprint density at radius 3 is 2.73 bits per heavy atom. The van der Waals surface area contributed by atoms with Gasteiger partial charge in [0.05, 0.1) is 0 Å². The van der Waals surface area contributed by atoms with Crippen molar-refractivity contribution in [3.8, 4) is 0 Å². The van der Waals surface area contributed by atoms with Crippen LogP contribution < -0.4 is 5.30 Å². The third kappa shape index (κ3) is 3.09. The van der Waals surface area contributed by atoms with Gasteiger partial charge in [-0.15, -0.1) is 0 Å². The third-order valence-corrected chi connectivity index (χ3v) is 12.4. The van der Waals surface area contributed by atoms with Gasteiger partial charge >= 0.3 is 101 Å². The molecule has 0 spiro atoms. The summed E-state index contributed by atoms with van der Waals surface area (Å²) in [5.74, 6) is 0. The molecular weight excluding hydrogens is 266 g/mol. The van der Waals surface area contributed by atoms with Gasteiger partial charge in [-0.3, -0.25) is 0 Å². The van der Waals surface area contributed by atoms with Crippen molar-refractivity contribution in [2.45, 2.75) is 0 Å². The van der Waals surface area contributed by atoms with E-state index in [0.717, 1.165) is 5.49 Å². The maximum absolute atomic E-state index is 9.21. The average molecular weight is 280 g/mol. The molecule has 1 aliphatic heterocycles. The first kappa shape index (κ1) is 12.2. The predicted octanol–water partition coefficient (Wildman–Crippen LogP) is 2.85. The quantitative estimate of drug-likeness (QED) is 0.645. The topological polar surface area (TPSA) is 29.5 Å². The molecule has 84 valence electrons. The van der Waals surface area contributed by atoms with Crippen molar-refractivity contribution in [2.75, 3.05) is 18.2 Å². The zero-order chi connectivity index (χ0) is 10.7. The van der Waals surface area contributed by atoms with E-state index < -0.39 is 13.8 Å². The molecule has 1 N–H and O–H groups in total. The molecule has 0 aromatic heterocycles. The van der Waals surface area contributed by atoms with E-state index >= 15 is 0 Å². The molecule has 6 heteroatoms. The first-order valence-corrected chi connectivity index (χ1v) is 11.4. The number of hydrogen-bond acceptors (Lipinski definition) is 4. The van der Waals surface area contributed by atoms with E-state index in [9.17, 15) is 5.11 Å². The molecule has 1 atom stereocenters. The van der Waals surface area contributed by atoms with E-state index in [1.165, 1.54) is 5.30 Å². The Bertz CT molecular complexity index is 315. The van der Waals surface area contributed by atoms with Crippen molar-refractivity contribution in [3.05, 3.63) is 30.3 Å². The van der Waals surface area contributed by atoms with Crippen LogP contribution in [-0.2, 0) is 4.52 Å². The van der Waals surface area contributed by atoms with Gasteiger partial charge in [-0.1, -0.05) is 0 Å². The minimum absolute atomic E-state index is 0.209. The van der Waals surface area contributed by atoms with Crippen LogP contribution in [0.4, 0.5) is 0 Å². The average Bonchev–Trinajstić information content (AvgIpc) is 2.31. The minimum atomic E-state index is -1.78. The summed E-state index contributed by atoms with van der Waals surface area (Å²) in [4.78, 5) is 0. The van der Waals surface area contributed by atoms with Gasteiger partial charge in [-0.25, -0.2) is 0 Å². The monoisotopic (exact) mass is 280 g/mol. The van der Waals surface area contributed by atoms with E-state index in [-0.39, 0.29) is 6.35 Å². The fourth-order valence-electron chi connectivity index (χ4n) is 1.23. The fourth-order valence-corrected chi connectivity index (χ4v) is 12.5. The second-order valence-corrected chi connectivity index (χ2v) is 13.9. The van der Waals surface area contributed by atoms with Crippen LogP contribution in [0.15, 0.2) is 30.3 Å². The van der Waals surface area contributed by atoms with Crippen LogP contribution in [0.5, 0.6) is 0 Å². The zero-order valence-electron chi connectivity index (χ0n) is 8.17. The Morgan fingerprint density at radius 1 is 1.47 bits per heavy atom. The van der Waals surface area contributed by atoms with Crippen LogP contribution >= 0.6 is 37.4 Å². The molecule has 1 aromatic rings. The SMILES string of the molecule is OC[PH]1(S)COP(c2ccccc2)SC1. The Balaban J connectivity index is 2.00. The molecule has 1 aliphatic rings. The first-order chi connectivity index (χ1) is 7.23. The Morgan fingerprint density at radius 2 is 2.20 bits per heavy atom. The molecule has 0 aliphatic carbocycles. The number of aliphatic hydroxyl groups excluding tert-OH is 1. The van der Waals surface area contributed by atoms with Gasteiger partial charge in [0, 0.05) is 0 Å². The maximum atomic E-state index is 9.21. The van der Waals surface area contributed by atoms with Crippen LogP contribution in [0.3, 0.4) is 0 Å². The van der Waals surface area contributed by atoms with E-state index in [1.54, 1.807) is 0 Å². The summed E-state index contributed by atoms with van der Waals surface area (Å²) < 4.78 is 5.82. The Kier molecular flexibility index (Phi) is 4.34. The van der Waals surface area contributed by atoms with Gasteiger partial charge in [0.15, 0.2) is 0 Å². The zero-order valence-corrected chi connectivity index (χ0v) is 11.8. The van der Waals surface area contributed by atoms with E-state index in [4.69, 9.17) is 4.52 Å². The standard InChI is InChI=1S/C9H14O2P2S2/c10-6-13(14)7-11-12(15-8-13)9-4-2-1-3-5-9/h1-5,10,13-14H,6-8H2. The molecule has 2 rings (SSSR count). The van der Waals surface area contributed by atoms with E-state index in [2.05, 4.69) is 24.4 Å². The van der Waals surface area contributed by atoms with Crippen LogP contribution in [0, 0.1) is 0 Å². The second kappa shape index (κ2) is 5.35. The molecule has 1 aromatic carbocycles. The van der Waals surface area contributed by atoms with Gasteiger partial charge in [-0.2, -0.15) is 0 Å². The molecule has 0 radical (unpaired) electrons. The van der Waals surface area contributed by atoms with Gasteiger partial charge in [0.1, 0.15) is 0 Å². The molecule has 1 heterocycles. The molecule has 0 amide bonds. The molecule has 0 bridgehead atoms. The number of hydrogen-bond donors (Lipinski definition) is 2. The van der Waals surface area contributed by atoms with Crippen molar-refractivity contribution in [1.29, 1.82) is 0 Å². The molecule has 0 saturated carbocycles. The Labute approximate surface area is 101 Å². The number of aliphatic hydroxyl groups is 1. The summed E-state index contributed by atoms with van der Waals surface area (Å²) in [6.07, 6.45) is 0.876. The third-order valence-electron chi connectivity index (χ3n) is 2.16. The normalized spacial score (nSPS) is 27.2. The second-order valence-electron chi connectivity index (χ2n) is 3.52. The van der Waals surface area contributed by atoms with Crippen molar-refractivity contribution >= 4 is 42.7 Å². The van der Waals surface area contributed by atoms with Crippen LogP contribution in [0.25, 0.3) is 0 Å². The summed E-state index contributed by atoms with van der Waals surface area (Å²) in [5, 5.41) is 10.5. The number of thiol groups is 1. The first-order valence-electron chi connectivity index (χ1n) is 4.68. The summed E-state index contributed by atoms with van der Waals surface area (Å²) in [6, 6.07) is 10.3. The van der Waals surface area contributed by atoms with Gasteiger partial charge in [-0.05, 0) is 0 Å². The molecule has 1 saturated heterocycles. The molecule has 1 fully saturated rings. The van der Waals surface area contributed by atoms with E-state index in [1.807, 2.05) is 29.6 Å². The summed E-state index contributed by atoms with van der Waals surface area (Å²) in [6.45, 7) is -1.78. The van der Waals surface area contributed by atoms with Crippen molar-refractivity contribution in [3.63, 3.8) is 0 Å². The molecule has 15 heavy (non-hydrogen) atoms. The van der Waals surface area contributed by atoms with Crippen LogP contribution in [0.1, 0.15) is 0 Å². The van der Waals surface area contributed by atoms with Crippen LogP contribution in [-0.4, -0.2) is 23.3 Å². The van der Waals surface area contributed by atoms with Gasteiger partial charge in [0.2, 0.25) is 0 Å². The Hall–Kier alpha value is 0.700. The van der Waals surface area contributed by atoms with Crippen LogP contribution in [0.2, 0.25) is 0 Å². The summed E-state index contributed by atoms with van der Waals surface area (Å²) in [5.41, 5.74) is 0.979. The summed E-state index contributed by atoms with van der Waals surface area (Å²) in [7, 11) is -0.540. The molecular formula is C9H14O2P2S2. The van der Waals surface area contributed by atoms with Crippen molar-refractivity contribution in [2.24, 2.45) is 0 Å². The number of benzene rings is 1. The van der Waals surface area contributed by atoms with Gasteiger partial charge in [0.25, 0.3) is 0 Å². The van der Waals surface area contributed by atoms with E-state index in [0.29, 0.717) is 6.35 Å². The fraction of sp³-hybridized carbons (Fsp3) is 0.333. The summed E-state index contributed by atoms with van der Waals surface area (Å²) >= 11 is 6.37. The number of rotatable bonds is 2. The van der Waals surface area contributed by atoms with Crippen molar-refractivity contribution in [1.82, 2.24) is 0 Å². The molecule has 1 unspecified atom stereocenters. The molecule has 2 nitrogen and oxygen atoms in total. The van der Waals surface area contributed by atoms with Gasteiger partial charge < -0.3 is 0 Å². The van der Waals surface area contributed by atoms with Crippen molar-refractivity contribution < 1.29 is 9.63 Å².